The van der Waals surface area contributed by atoms with Crippen molar-refractivity contribution < 1.29 is 5.11 Å². The molecule has 8 nitrogen and oxygen atoms in total. The Labute approximate surface area is 173 Å². The SMILES string of the molecule is Cc1cnn(-c2ccc(-c3nnc(N(C)[C@@H]4CC5CC[C@@](C)(C4)N5)s3)c(O)c2)n1. The molecule has 0 radical (unpaired) electrons. The van der Waals surface area contributed by atoms with Crippen LogP contribution in [0.5, 0.6) is 5.75 Å². The number of piperidine rings is 1. The molecule has 2 aliphatic heterocycles. The number of rotatable bonds is 4. The average Bonchev–Trinajstić information content (AvgIpc) is 3.40. The summed E-state index contributed by atoms with van der Waals surface area (Å²) < 4.78 is 0. The van der Waals surface area contributed by atoms with Crippen molar-refractivity contribution in [2.24, 2.45) is 0 Å². The standard InChI is InChI=1S/C20H25N7OS/c1-12-11-21-27(25-12)14-4-5-16(17(28)9-14)18-23-24-19(29-18)26(3)15-8-13-6-7-20(2,10-15)22-13/h4-5,9,11,13,15,22,28H,6-8,10H2,1-3H3/t13?,15-,20+/m1/s1. The van der Waals surface area contributed by atoms with E-state index >= 15 is 0 Å². The monoisotopic (exact) mass is 411 g/mol. The molecular weight excluding hydrogens is 386 g/mol. The predicted octanol–water partition coefficient (Wildman–Crippen LogP) is 2.91. The first-order valence-corrected chi connectivity index (χ1v) is 10.8. The fourth-order valence-electron chi connectivity index (χ4n) is 4.61. The molecule has 5 rings (SSSR count). The van der Waals surface area contributed by atoms with Gasteiger partial charge in [0.05, 0.1) is 23.1 Å². The van der Waals surface area contributed by atoms with E-state index in [0.29, 0.717) is 28.3 Å². The van der Waals surface area contributed by atoms with Gasteiger partial charge in [-0.25, -0.2) is 0 Å². The molecule has 9 heteroatoms. The molecule has 2 aromatic heterocycles. The van der Waals surface area contributed by atoms with E-state index in [-0.39, 0.29) is 11.3 Å². The number of hydrogen-bond acceptors (Lipinski definition) is 8. The molecule has 1 unspecified atom stereocenters. The lowest BCUT2D eigenvalue weighted by Gasteiger charge is -2.40. The number of nitrogens with one attached hydrogen (secondary N) is 1. The summed E-state index contributed by atoms with van der Waals surface area (Å²) in [6.07, 6.45) is 6.44. The maximum atomic E-state index is 10.6. The van der Waals surface area contributed by atoms with E-state index in [0.717, 1.165) is 23.7 Å². The van der Waals surface area contributed by atoms with Gasteiger partial charge in [-0.1, -0.05) is 11.3 Å². The Morgan fingerprint density at radius 3 is 2.93 bits per heavy atom. The van der Waals surface area contributed by atoms with Crippen molar-refractivity contribution in [3.8, 4) is 22.0 Å². The van der Waals surface area contributed by atoms with Gasteiger partial charge in [0.25, 0.3) is 0 Å². The molecule has 2 fully saturated rings. The Kier molecular flexibility index (Phi) is 4.32. The van der Waals surface area contributed by atoms with Crippen LogP contribution in [0.25, 0.3) is 16.3 Å². The van der Waals surface area contributed by atoms with Crippen LogP contribution in [0.4, 0.5) is 5.13 Å². The van der Waals surface area contributed by atoms with Gasteiger partial charge in [0.15, 0.2) is 5.01 Å². The number of fused-ring (bicyclic) bond motifs is 2. The van der Waals surface area contributed by atoms with Crippen molar-refractivity contribution >= 4 is 16.5 Å². The predicted molar refractivity (Wildman–Crippen MR) is 113 cm³/mol. The molecule has 3 aromatic rings. The zero-order chi connectivity index (χ0) is 20.2. The van der Waals surface area contributed by atoms with Gasteiger partial charge in [-0.05, 0) is 51.7 Å². The second kappa shape index (κ2) is 6.77. The molecule has 3 atom stereocenters. The molecule has 1 aromatic carbocycles. The minimum absolute atomic E-state index is 0.148. The van der Waals surface area contributed by atoms with Gasteiger partial charge in [0, 0.05) is 30.7 Å². The van der Waals surface area contributed by atoms with Crippen molar-refractivity contribution in [2.45, 2.75) is 57.2 Å². The molecule has 152 valence electrons. The summed E-state index contributed by atoms with van der Waals surface area (Å²) in [5.41, 5.74) is 2.44. The zero-order valence-electron chi connectivity index (χ0n) is 16.8. The maximum absolute atomic E-state index is 10.6. The first kappa shape index (κ1) is 18.5. The summed E-state index contributed by atoms with van der Waals surface area (Å²) in [5, 5.41) is 33.2. The third-order valence-corrected chi connectivity index (χ3v) is 7.20. The highest BCUT2D eigenvalue weighted by atomic mass is 32.1. The van der Waals surface area contributed by atoms with Gasteiger partial charge in [-0.3, -0.25) is 0 Å². The van der Waals surface area contributed by atoms with E-state index in [2.05, 4.69) is 44.6 Å². The number of phenols is 1. The fraction of sp³-hybridized carbons (Fsp3) is 0.500. The number of phenolic OH excluding ortho intramolecular Hbond substituents is 1. The summed E-state index contributed by atoms with van der Waals surface area (Å²) in [6.45, 7) is 4.21. The number of aromatic nitrogens is 5. The van der Waals surface area contributed by atoms with E-state index in [4.69, 9.17) is 0 Å². The van der Waals surface area contributed by atoms with Crippen molar-refractivity contribution in [1.82, 2.24) is 30.5 Å². The van der Waals surface area contributed by atoms with Gasteiger partial charge >= 0.3 is 0 Å². The van der Waals surface area contributed by atoms with Gasteiger partial charge in [0.2, 0.25) is 5.13 Å². The fourth-order valence-corrected chi connectivity index (χ4v) is 5.52. The zero-order valence-corrected chi connectivity index (χ0v) is 17.6. The van der Waals surface area contributed by atoms with Crippen molar-refractivity contribution in [3.63, 3.8) is 0 Å². The second-order valence-electron chi connectivity index (χ2n) is 8.51. The number of nitrogens with zero attached hydrogens (tertiary/aromatic N) is 6. The van der Waals surface area contributed by atoms with E-state index in [1.165, 1.54) is 29.0 Å². The Morgan fingerprint density at radius 2 is 2.21 bits per heavy atom. The first-order valence-electron chi connectivity index (χ1n) is 9.97. The lowest BCUT2D eigenvalue weighted by atomic mass is 9.89. The Balaban J connectivity index is 1.37. The Hall–Kier alpha value is -2.52. The molecule has 2 aliphatic rings. The minimum Gasteiger partial charge on any atom is -0.507 e. The molecule has 0 amide bonds. The van der Waals surface area contributed by atoms with Gasteiger partial charge in [-0.2, -0.15) is 15.0 Å². The third kappa shape index (κ3) is 3.38. The van der Waals surface area contributed by atoms with Crippen LogP contribution in [0.3, 0.4) is 0 Å². The van der Waals surface area contributed by atoms with E-state index in [1.54, 1.807) is 12.3 Å². The summed E-state index contributed by atoms with van der Waals surface area (Å²) in [6, 6.07) is 6.44. The number of aromatic hydroxyl groups is 1. The average molecular weight is 412 g/mol. The van der Waals surface area contributed by atoms with Crippen molar-refractivity contribution in [3.05, 3.63) is 30.1 Å². The summed E-state index contributed by atoms with van der Waals surface area (Å²) >= 11 is 1.51. The minimum atomic E-state index is 0.148. The molecule has 4 heterocycles. The van der Waals surface area contributed by atoms with Gasteiger partial charge in [-0.15, -0.1) is 10.2 Å². The topological polar surface area (TPSA) is 92.0 Å². The summed E-state index contributed by atoms with van der Waals surface area (Å²) in [7, 11) is 2.11. The molecule has 29 heavy (non-hydrogen) atoms. The summed E-state index contributed by atoms with van der Waals surface area (Å²) in [5.74, 6) is 0.148. The van der Waals surface area contributed by atoms with Crippen LogP contribution in [0, 0.1) is 6.92 Å². The van der Waals surface area contributed by atoms with E-state index < -0.39 is 0 Å². The van der Waals surface area contributed by atoms with Crippen LogP contribution in [-0.4, -0.2) is 55.0 Å². The molecule has 0 spiro atoms. The third-order valence-electron chi connectivity index (χ3n) is 6.15. The van der Waals surface area contributed by atoms with Crippen LogP contribution < -0.4 is 10.2 Å². The van der Waals surface area contributed by atoms with Crippen LogP contribution >= 0.6 is 11.3 Å². The molecule has 2 saturated heterocycles. The summed E-state index contributed by atoms with van der Waals surface area (Å²) in [4.78, 5) is 3.77. The van der Waals surface area contributed by atoms with Crippen molar-refractivity contribution in [1.29, 1.82) is 0 Å². The van der Waals surface area contributed by atoms with E-state index in [1.807, 2.05) is 19.1 Å². The number of benzene rings is 1. The number of aryl methyl sites for hydroxylation is 1. The van der Waals surface area contributed by atoms with Gasteiger partial charge in [0.1, 0.15) is 5.75 Å². The highest BCUT2D eigenvalue weighted by Crippen LogP contribution is 2.40. The molecule has 0 saturated carbocycles. The van der Waals surface area contributed by atoms with Crippen LogP contribution in [0.15, 0.2) is 24.4 Å². The highest BCUT2D eigenvalue weighted by Gasteiger charge is 2.43. The first-order chi connectivity index (χ1) is 13.9. The second-order valence-corrected chi connectivity index (χ2v) is 9.47. The van der Waals surface area contributed by atoms with Crippen LogP contribution in [-0.2, 0) is 0 Å². The smallest absolute Gasteiger partial charge is 0.208 e. The quantitative estimate of drug-likeness (QED) is 0.682. The molecule has 2 N–H and O–H groups in total. The van der Waals surface area contributed by atoms with Crippen LogP contribution in [0.1, 0.15) is 38.3 Å². The Bertz CT molecular complexity index is 1050. The van der Waals surface area contributed by atoms with Gasteiger partial charge < -0.3 is 15.3 Å². The number of anilines is 1. The molecule has 0 aliphatic carbocycles. The normalized spacial score (nSPS) is 26.0. The van der Waals surface area contributed by atoms with Crippen LogP contribution in [0.2, 0.25) is 0 Å². The number of hydrogen-bond donors (Lipinski definition) is 2. The Morgan fingerprint density at radius 1 is 1.34 bits per heavy atom. The molecule has 2 bridgehead atoms. The largest absolute Gasteiger partial charge is 0.507 e. The van der Waals surface area contributed by atoms with E-state index in [9.17, 15) is 5.11 Å². The highest BCUT2D eigenvalue weighted by molar-refractivity contribution is 7.18. The van der Waals surface area contributed by atoms with Crippen molar-refractivity contribution in [2.75, 3.05) is 11.9 Å². The lowest BCUT2D eigenvalue weighted by Crippen LogP contribution is -2.53. The maximum Gasteiger partial charge on any atom is 0.208 e. The molecular formula is C20H25N7OS. The lowest BCUT2D eigenvalue weighted by molar-refractivity contribution is 0.267.